The van der Waals surface area contributed by atoms with Crippen LogP contribution in [0.15, 0.2) is 66.7 Å². The highest BCUT2D eigenvalue weighted by molar-refractivity contribution is 14.1. The number of hydrogen-bond donors (Lipinski definition) is 2. The first-order valence-corrected chi connectivity index (χ1v) is 10.2. The highest BCUT2D eigenvalue weighted by Crippen LogP contribution is 2.34. The van der Waals surface area contributed by atoms with Crippen LogP contribution in [0.2, 0.25) is 0 Å². The van der Waals surface area contributed by atoms with Crippen molar-refractivity contribution in [1.29, 1.82) is 0 Å². The van der Waals surface area contributed by atoms with Gasteiger partial charge in [0.2, 0.25) is 5.82 Å². The summed E-state index contributed by atoms with van der Waals surface area (Å²) in [5.74, 6) is -1.38. The fourth-order valence-electron chi connectivity index (χ4n) is 3.17. The molecule has 0 aliphatic carbocycles. The third kappa shape index (κ3) is 4.42. The van der Waals surface area contributed by atoms with E-state index < -0.39 is 12.0 Å². The van der Waals surface area contributed by atoms with E-state index in [4.69, 9.17) is 0 Å². The largest absolute Gasteiger partial charge is 0.450 e. The molecule has 2 N–H and O–H groups in total. The van der Waals surface area contributed by atoms with Crippen molar-refractivity contribution >= 4 is 45.2 Å². The molecule has 0 atom stereocenters. The molecular formula is C22H15F3IN3O2. The number of halogens is 4. The Kier molecular flexibility index (Phi) is 5.71. The number of nitrogens with zero attached hydrogens (tertiary/aromatic N) is 2. The first kappa shape index (κ1) is 21.3. The van der Waals surface area contributed by atoms with E-state index in [2.05, 4.69) is 32.9 Å². The summed E-state index contributed by atoms with van der Waals surface area (Å²) >= 11 is 2.14. The summed E-state index contributed by atoms with van der Waals surface area (Å²) < 4.78 is 42.9. The SMILES string of the molecule is O=C(Nc1ccc(-n2c(C(F)(F)F)nc3cc(CO)ccc32)cc1)c1ccc(I)cc1. The van der Waals surface area contributed by atoms with Crippen LogP contribution in [0.1, 0.15) is 21.7 Å². The summed E-state index contributed by atoms with van der Waals surface area (Å²) in [6.45, 7) is -0.293. The quantitative estimate of drug-likeness (QED) is 0.343. The molecule has 1 heterocycles. The lowest BCUT2D eigenvalue weighted by Crippen LogP contribution is -2.14. The molecular weight excluding hydrogens is 522 g/mol. The van der Waals surface area contributed by atoms with Gasteiger partial charge in [-0.1, -0.05) is 6.07 Å². The molecule has 0 saturated carbocycles. The monoisotopic (exact) mass is 537 g/mol. The molecule has 3 aromatic carbocycles. The van der Waals surface area contributed by atoms with Crippen molar-refractivity contribution < 1.29 is 23.1 Å². The number of nitrogens with one attached hydrogen (secondary N) is 1. The maximum Gasteiger partial charge on any atom is 0.450 e. The summed E-state index contributed by atoms with van der Waals surface area (Å²) in [6, 6.07) is 17.5. The second kappa shape index (κ2) is 8.31. The normalized spacial score (nSPS) is 11.6. The number of alkyl halides is 3. The molecule has 0 bridgehead atoms. The van der Waals surface area contributed by atoms with Crippen molar-refractivity contribution in [2.24, 2.45) is 0 Å². The Morgan fingerprint density at radius 3 is 2.32 bits per heavy atom. The van der Waals surface area contributed by atoms with Gasteiger partial charge in [-0.3, -0.25) is 9.36 Å². The third-order valence-corrected chi connectivity index (χ3v) is 5.36. The number of amides is 1. The Bertz CT molecular complexity index is 1250. The molecule has 1 aromatic heterocycles. The van der Waals surface area contributed by atoms with Crippen LogP contribution in [0.5, 0.6) is 0 Å². The molecule has 0 spiro atoms. The predicted molar refractivity (Wildman–Crippen MR) is 119 cm³/mol. The minimum Gasteiger partial charge on any atom is -0.392 e. The topological polar surface area (TPSA) is 67.2 Å². The minimum atomic E-state index is -4.67. The fourth-order valence-corrected chi connectivity index (χ4v) is 3.53. The van der Waals surface area contributed by atoms with Gasteiger partial charge in [0.05, 0.1) is 17.6 Å². The van der Waals surface area contributed by atoms with Crippen LogP contribution in [-0.2, 0) is 12.8 Å². The smallest absolute Gasteiger partial charge is 0.392 e. The standard InChI is InChI=1S/C22H15F3IN3O2/c23-22(24,25)21-28-18-11-13(12-30)1-10-19(18)29(21)17-8-6-16(7-9-17)27-20(31)14-2-4-15(26)5-3-14/h1-11,30H,12H2,(H,27,31). The van der Waals surface area contributed by atoms with Gasteiger partial charge in [-0.25, -0.2) is 4.98 Å². The summed E-state index contributed by atoms with van der Waals surface area (Å²) in [6.07, 6.45) is -4.67. The van der Waals surface area contributed by atoms with E-state index in [9.17, 15) is 23.1 Å². The molecule has 0 aliphatic rings. The maximum atomic E-state index is 13.6. The molecule has 4 aromatic rings. The van der Waals surface area contributed by atoms with E-state index in [1.807, 2.05) is 12.1 Å². The van der Waals surface area contributed by atoms with Crippen LogP contribution in [0.3, 0.4) is 0 Å². The zero-order valence-corrected chi connectivity index (χ0v) is 18.0. The lowest BCUT2D eigenvalue weighted by atomic mass is 10.2. The molecule has 0 unspecified atom stereocenters. The van der Waals surface area contributed by atoms with Crippen molar-refractivity contribution in [3.05, 3.63) is 87.3 Å². The molecule has 1 amide bonds. The van der Waals surface area contributed by atoms with Gasteiger partial charge in [-0.15, -0.1) is 0 Å². The number of rotatable bonds is 4. The number of carbonyl (C=O) groups excluding carboxylic acids is 1. The van der Waals surface area contributed by atoms with Crippen molar-refractivity contribution in [3.8, 4) is 5.69 Å². The first-order valence-electron chi connectivity index (χ1n) is 9.13. The third-order valence-electron chi connectivity index (χ3n) is 4.64. The molecule has 0 fully saturated rings. The Balaban J connectivity index is 1.68. The van der Waals surface area contributed by atoms with Gasteiger partial charge in [0.25, 0.3) is 5.91 Å². The maximum absolute atomic E-state index is 13.6. The zero-order valence-electron chi connectivity index (χ0n) is 15.8. The van der Waals surface area contributed by atoms with Gasteiger partial charge < -0.3 is 10.4 Å². The summed E-state index contributed by atoms with van der Waals surface area (Å²) in [7, 11) is 0. The molecule has 0 radical (unpaired) electrons. The highest BCUT2D eigenvalue weighted by Gasteiger charge is 2.38. The van der Waals surface area contributed by atoms with Crippen molar-refractivity contribution in [1.82, 2.24) is 9.55 Å². The van der Waals surface area contributed by atoms with Gasteiger partial charge >= 0.3 is 6.18 Å². The Hall–Kier alpha value is -2.92. The number of aliphatic hydroxyl groups is 1. The van der Waals surface area contributed by atoms with Crippen molar-refractivity contribution in [3.63, 3.8) is 0 Å². The fraction of sp³-hybridized carbons (Fsp3) is 0.0909. The van der Waals surface area contributed by atoms with E-state index in [0.717, 1.165) is 8.14 Å². The van der Waals surface area contributed by atoms with Crippen LogP contribution in [0, 0.1) is 3.57 Å². The second-order valence-electron chi connectivity index (χ2n) is 6.76. The average Bonchev–Trinajstić information content (AvgIpc) is 3.14. The summed E-state index contributed by atoms with van der Waals surface area (Å²) in [5, 5.41) is 12.0. The second-order valence-corrected chi connectivity index (χ2v) is 8.00. The predicted octanol–water partition coefficient (Wildman–Crippen LogP) is 5.39. The van der Waals surface area contributed by atoms with Crippen molar-refractivity contribution in [2.45, 2.75) is 12.8 Å². The van der Waals surface area contributed by atoms with Crippen LogP contribution in [-0.4, -0.2) is 20.6 Å². The number of fused-ring (bicyclic) bond motifs is 1. The molecule has 0 aliphatic heterocycles. The van der Waals surface area contributed by atoms with Gasteiger partial charge in [0, 0.05) is 20.5 Å². The van der Waals surface area contributed by atoms with Crippen LogP contribution < -0.4 is 5.32 Å². The molecule has 31 heavy (non-hydrogen) atoms. The van der Waals surface area contributed by atoms with E-state index in [0.29, 0.717) is 16.8 Å². The molecule has 4 rings (SSSR count). The lowest BCUT2D eigenvalue weighted by Gasteiger charge is -2.12. The van der Waals surface area contributed by atoms with Crippen LogP contribution in [0.4, 0.5) is 18.9 Å². The van der Waals surface area contributed by atoms with Crippen molar-refractivity contribution in [2.75, 3.05) is 5.32 Å². The van der Waals surface area contributed by atoms with E-state index in [-0.39, 0.29) is 29.2 Å². The van der Waals surface area contributed by atoms with E-state index in [1.165, 1.54) is 36.4 Å². The zero-order chi connectivity index (χ0) is 22.2. The lowest BCUT2D eigenvalue weighted by molar-refractivity contribution is -0.145. The van der Waals surface area contributed by atoms with Gasteiger partial charge in [0.15, 0.2) is 0 Å². The number of benzene rings is 3. The number of aliphatic hydroxyl groups excluding tert-OH is 1. The number of carbonyl (C=O) groups is 1. The first-order chi connectivity index (χ1) is 14.8. The number of anilines is 1. The van der Waals surface area contributed by atoms with Gasteiger partial charge in [0.1, 0.15) is 0 Å². The van der Waals surface area contributed by atoms with E-state index >= 15 is 0 Å². The van der Waals surface area contributed by atoms with Gasteiger partial charge in [-0.05, 0) is 88.8 Å². The summed E-state index contributed by atoms with van der Waals surface area (Å²) in [4.78, 5) is 16.1. The molecule has 158 valence electrons. The number of imidazole rings is 1. The minimum absolute atomic E-state index is 0.134. The number of aromatic nitrogens is 2. The average molecular weight is 537 g/mol. The number of hydrogen-bond acceptors (Lipinski definition) is 3. The Morgan fingerprint density at radius 1 is 1.03 bits per heavy atom. The van der Waals surface area contributed by atoms with Gasteiger partial charge in [-0.2, -0.15) is 13.2 Å². The summed E-state index contributed by atoms with van der Waals surface area (Å²) in [5.41, 5.74) is 2.05. The van der Waals surface area contributed by atoms with Crippen LogP contribution >= 0.6 is 22.6 Å². The highest BCUT2D eigenvalue weighted by atomic mass is 127. The molecule has 0 saturated heterocycles. The molecule has 5 nitrogen and oxygen atoms in total. The molecule has 9 heteroatoms. The Morgan fingerprint density at radius 2 is 1.71 bits per heavy atom. The van der Waals surface area contributed by atoms with E-state index in [1.54, 1.807) is 18.2 Å². The van der Waals surface area contributed by atoms with Crippen LogP contribution in [0.25, 0.3) is 16.7 Å². The Labute approximate surface area is 188 Å².